The Hall–Kier alpha value is -1.31. The van der Waals surface area contributed by atoms with Crippen LogP contribution in [0.1, 0.15) is 40.0 Å². The van der Waals surface area contributed by atoms with Gasteiger partial charge in [-0.05, 0) is 38.1 Å². The third kappa shape index (κ3) is 5.53. The van der Waals surface area contributed by atoms with Gasteiger partial charge in [-0.3, -0.25) is 4.79 Å². The molecular formula is C13H23F3N2O3. The van der Waals surface area contributed by atoms with Crippen LogP contribution in [0.15, 0.2) is 0 Å². The van der Waals surface area contributed by atoms with Crippen molar-refractivity contribution >= 4 is 11.9 Å². The maximum Gasteiger partial charge on any atom is 0.422 e. The Morgan fingerprint density at radius 1 is 1.24 bits per heavy atom. The predicted molar refractivity (Wildman–Crippen MR) is 71.5 cm³/mol. The summed E-state index contributed by atoms with van der Waals surface area (Å²) in [7, 11) is 0. The first-order chi connectivity index (χ1) is 9.45. The fourth-order valence-corrected chi connectivity index (χ4v) is 1.93. The van der Waals surface area contributed by atoms with Crippen molar-refractivity contribution in [3.63, 3.8) is 0 Å². The van der Waals surface area contributed by atoms with E-state index in [9.17, 15) is 22.8 Å². The minimum Gasteiger partial charge on any atom is -0.479 e. The van der Waals surface area contributed by atoms with Gasteiger partial charge < -0.3 is 16.2 Å². The van der Waals surface area contributed by atoms with Crippen molar-refractivity contribution in [2.75, 3.05) is 6.54 Å². The summed E-state index contributed by atoms with van der Waals surface area (Å²) in [5, 5.41) is 10.3. The third-order valence-electron chi connectivity index (χ3n) is 3.61. The highest BCUT2D eigenvalue weighted by Crippen LogP contribution is 2.30. The van der Waals surface area contributed by atoms with Gasteiger partial charge in [-0.25, -0.2) is 4.79 Å². The number of carbonyl (C=O) groups excluding carboxylic acids is 1. The molecule has 0 heterocycles. The van der Waals surface area contributed by atoms with Gasteiger partial charge in [0, 0.05) is 6.42 Å². The molecule has 21 heavy (non-hydrogen) atoms. The number of amides is 1. The van der Waals surface area contributed by atoms with Gasteiger partial charge in [0.1, 0.15) is 0 Å². The van der Waals surface area contributed by atoms with Gasteiger partial charge in [0.2, 0.25) is 11.4 Å². The number of carbonyl (C=O) groups is 2. The Bertz CT molecular complexity index is 372. The van der Waals surface area contributed by atoms with Crippen molar-refractivity contribution in [1.82, 2.24) is 5.32 Å². The van der Waals surface area contributed by atoms with Crippen LogP contribution < -0.4 is 11.1 Å². The lowest BCUT2D eigenvalue weighted by atomic mass is 9.88. The number of hydrogen-bond donors (Lipinski definition) is 3. The summed E-state index contributed by atoms with van der Waals surface area (Å²) in [5.41, 5.74) is 2.17. The number of nitrogens with two attached hydrogens (primary N) is 1. The second-order valence-corrected chi connectivity index (χ2v) is 5.60. The molecule has 0 spiro atoms. The van der Waals surface area contributed by atoms with Gasteiger partial charge in [0.15, 0.2) is 0 Å². The summed E-state index contributed by atoms with van der Waals surface area (Å²) in [6, 6.07) is 0. The number of rotatable bonds is 8. The zero-order valence-electron chi connectivity index (χ0n) is 12.5. The zero-order valence-corrected chi connectivity index (χ0v) is 12.5. The highest BCUT2D eigenvalue weighted by Gasteiger charge is 2.58. The van der Waals surface area contributed by atoms with Crippen molar-refractivity contribution < 1.29 is 27.9 Å². The molecule has 0 fully saturated rings. The quantitative estimate of drug-likeness (QED) is 0.638. The zero-order chi connectivity index (χ0) is 16.8. The maximum absolute atomic E-state index is 12.8. The number of hydrogen-bond acceptors (Lipinski definition) is 3. The minimum atomic E-state index is -5.07. The standard InChI is InChI=1S/C13H23F3N2O3/c1-8(2)9(6-7-17)4-5-10(19)18-12(3,11(20)21)13(14,15)16/h8-9H,4-7,17H2,1-3H3,(H,18,19)(H,20,21). The second-order valence-electron chi connectivity index (χ2n) is 5.60. The van der Waals surface area contributed by atoms with Crippen LogP contribution >= 0.6 is 0 Å². The first-order valence-electron chi connectivity index (χ1n) is 6.77. The normalized spacial score (nSPS) is 16.4. The summed E-state index contributed by atoms with van der Waals surface area (Å²) < 4.78 is 38.3. The number of aliphatic carboxylic acids is 1. The molecule has 2 unspecified atom stereocenters. The molecule has 0 aliphatic heterocycles. The average molecular weight is 312 g/mol. The van der Waals surface area contributed by atoms with Crippen LogP contribution in [0.4, 0.5) is 13.2 Å². The fourth-order valence-electron chi connectivity index (χ4n) is 1.93. The molecule has 0 saturated carbocycles. The second kappa shape index (κ2) is 7.63. The van der Waals surface area contributed by atoms with E-state index < -0.39 is 23.6 Å². The lowest BCUT2D eigenvalue weighted by molar-refractivity contribution is -0.207. The van der Waals surface area contributed by atoms with E-state index in [2.05, 4.69) is 0 Å². The Kier molecular flexibility index (Phi) is 7.15. The summed E-state index contributed by atoms with van der Waals surface area (Å²) in [5.74, 6) is -2.71. The van der Waals surface area contributed by atoms with Crippen molar-refractivity contribution in [3.05, 3.63) is 0 Å². The lowest BCUT2D eigenvalue weighted by Crippen LogP contribution is -2.61. The number of nitrogens with one attached hydrogen (secondary N) is 1. The van der Waals surface area contributed by atoms with Crippen LogP contribution in [0.3, 0.4) is 0 Å². The molecule has 0 aromatic rings. The molecule has 8 heteroatoms. The third-order valence-corrected chi connectivity index (χ3v) is 3.61. The van der Waals surface area contributed by atoms with Crippen molar-refractivity contribution in [2.45, 2.75) is 51.7 Å². The van der Waals surface area contributed by atoms with Gasteiger partial charge in [-0.15, -0.1) is 0 Å². The average Bonchev–Trinajstić information content (AvgIpc) is 2.32. The van der Waals surface area contributed by atoms with Gasteiger partial charge in [-0.2, -0.15) is 13.2 Å². The fraction of sp³-hybridized carbons (Fsp3) is 0.846. The molecule has 0 radical (unpaired) electrons. The topological polar surface area (TPSA) is 92.4 Å². The molecule has 5 nitrogen and oxygen atoms in total. The van der Waals surface area contributed by atoms with Crippen LogP contribution in [-0.2, 0) is 9.59 Å². The number of alkyl halides is 3. The van der Waals surface area contributed by atoms with Gasteiger partial charge in [-0.1, -0.05) is 13.8 Å². The smallest absolute Gasteiger partial charge is 0.422 e. The number of carboxylic acid groups (broad SMARTS) is 1. The SMILES string of the molecule is CC(C)C(CCN)CCC(=O)NC(C)(C(=O)O)C(F)(F)F. The summed E-state index contributed by atoms with van der Waals surface area (Å²) in [6.45, 7) is 4.75. The molecule has 0 saturated heterocycles. The summed E-state index contributed by atoms with van der Waals surface area (Å²) in [6.07, 6.45) is -4.19. The summed E-state index contributed by atoms with van der Waals surface area (Å²) >= 11 is 0. The Balaban J connectivity index is 4.71. The van der Waals surface area contributed by atoms with Gasteiger partial charge >= 0.3 is 12.1 Å². The molecule has 124 valence electrons. The largest absolute Gasteiger partial charge is 0.479 e. The lowest BCUT2D eigenvalue weighted by Gasteiger charge is -2.29. The molecule has 1 amide bonds. The molecule has 0 aromatic carbocycles. The van der Waals surface area contributed by atoms with Crippen molar-refractivity contribution in [3.8, 4) is 0 Å². The monoisotopic (exact) mass is 312 g/mol. The summed E-state index contributed by atoms with van der Waals surface area (Å²) in [4.78, 5) is 22.4. The minimum absolute atomic E-state index is 0.114. The van der Waals surface area contributed by atoms with E-state index in [-0.39, 0.29) is 18.3 Å². The van der Waals surface area contributed by atoms with Gasteiger partial charge in [0.25, 0.3) is 0 Å². The molecule has 0 aliphatic rings. The Morgan fingerprint density at radius 2 is 1.76 bits per heavy atom. The van der Waals surface area contributed by atoms with Crippen LogP contribution in [0.5, 0.6) is 0 Å². The number of halogens is 3. The van der Waals surface area contributed by atoms with E-state index in [1.165, 1.54) is 0 Å². The molecule has 2 atom stereocenters. The Labute approximate surface area is 122 Å². The van der Waals surface area contributed by atoms with E-state index in [1.807, 2.05) is 13.8 Å². The number of carboxylic acids is 1. The van der Waals surface area contributed by atoms with E-state index in [0.717, 1.165) is 0 Å². The van der Waals surface area contributed by atoms with E-state index in [1.54, 1.807) is 5.32 Å². The molecular weight excluding hydrogens is 289 g/mol. The van der Waals surface area contributed by atoms with E-state index >= 15 is 0 Å². The first kappa shape index (κ1) is 19.7. The molecule has 0 bridgehead atoms. The highest BCUT2D eigenvalue weighted by atomic mass is 19.4. The van der Waals surface area contributed by atoms with Crippen molar-refractivity contribution in [1.29, 1.82) is 0 Å². The van der Waals surface area contributed by atoms with Crippen LogP contribution in [0, 0.1) is 11.8 Å². The van der Waals surface area contributed by atoms with Crippen molar-refractivity contribution in [2.24, 2.45) is 17.6 Å². The van der Waals surface area contributed by atoms with E-state index in [0.29, 0.717) is 26.3 Å². The Morgan fingerprint density at radius 3 is 2.10 bits per heavy atom. The molecule has 0 rings (SSSR count). The molecule has 0 aromatic heterocycles. The van der Waals surface area contributed by atoms with Crippen LogP contribution in [0.2, 0.25) is 0 Å². The first-order valence-corrected chi connectivity index (χ1v) is 6.77. The van der Waals surface area contributed by atoms with Crippen LogP contribution in [0.25, 0.3) is 0 Å². The predicted octanol–water partition coefficient (Wildman–Crippen LogP) is 1.91. The molecule has 0 aliphatic carbocycles. The van der Waals surface area contributed by atoms with Crippen LogP contribution in [-0.4, -0.2) is 35.2 Å². The van der Waals surface area contributed by atoms with E-state index in [4.69, 9.17) is 10.8 Å². The van der Waals surface area contributed by atoms with Gasteiger partial charge in [0.05, 0.1) is 0 Å². The highest BCUT2D eigenvalue weighted by molar-refractivity contribution is 5.87. The maximum atomic E-state index is 12.8. The molecule has 4 N–H and O–H groups in total.